The van der Waals surface area contributed by atoms with Gasteiger partial charge in [-0.3, -0.25) is 8.42 Å². The molecule has 0 saturated heterocycles. The SMILES string of the molecule is CS(=O)c1ccc2c(c1)N/C(=C/C1=CC3=C/C(=C/C4Nc5cc(S(C)=O)ccc5S4)CCC3CC1)S2. The van der Waals surface area contributed by atoms with Gasteiger partial charge in [-0.15, -0.1) is 0 Å². The predicted molar refractivity (Wildman–Crippen MR) is 155 cm³/mol. The molecule has 0 fully saturated rings. The summed E-state index contributed by atoms with van der Waals surface area (Å²) in [7, 11) is -1.94. The van der Waals surface area contributed by atoms with Gasteiger partial charge in [0.2, 0.25) is 0 Å². The second kappa shape index (κ2) is 10.0. The van der Waals surface area contributed by atoms with Gasteiger partial charge in [-0.25, -0.2) is 0 Å². The van der Waals surface area contributed by atoms with E-state index in [4.69, 9.17) is 0 Å². The average molecular weight is 553 g/mol. The summed E-state index contributed by atoms with van der Waals surface area (Å²) in [4.78, 5) is 4.13. The first kappa shape index (κ1) is 24.3. The van der Waals surface area contributed by atoms with Crippen molar-refractivity contribution < 1.29 is 8.42 Å². The minimum atomic E-state index is -0.975. The van der Waals surface area contributed by atoms with Gasteiger partial charge in [0.15, 0.2) is 0 Å². The molecular weight excluding hydrogens is 525 g/mol. The summed E-state index contributed by atoms with van der Waals surface area (Å²) in [5.74, 6) is 0.649. The summed E-state index contributed by atoms with van der Waals surface area (Å²) >= 11 is 3.57. The Morgan fingerprint density at radius 3 is 2.42 bits per heavy atom. The lowest BCUT2D eigenvalue weighted by molar-refractivity contribution is 0.502. The van der Waals surface area contributed by atoms with Crippen LogP contribution in [0.3, 0.4) is 0 Å². The van der Waals surface area contributed by atoms with E-state index in [1.54, 1.807) is 24.3 Å². The van der Waals surface area contributed by atoms with Crippen molar-refractivity contribution in [1.82, 2.24) is 0 Å². The third-order valence-corrected chi connectivity index (χ3v) is 11.0. The molecule has 8 heteroatoms. The molecule has 0 amide bonds. The van der Waals surface area contributed by atoms with Gasteiger partial charge in [-0.1, -0.05) is 35.7 Å². The first-order chi connectivity index (χ1) is 17.4. The average Bonchev–Trinajstić information content (AvgIpc) is 3.45. The highest BCUT2D eigenvalue weighted by molar-refractivity contribution is 8.03. The van der Waals surface area contributed by atoms with Gasteiger partial charge in [0, 0.05) is 53.7 Å². The summed E-state index contributed by atoms with van der Waals surface area (Å²) in [6.07, 6.45) is 17.5. The van der Waals surface area contributed by atoms with Gasteiger partial charge < -0.3 is 10.6 Å². The molecule has 0 aromatic heterocycles. The third kappa shape index (κ3) is 5.05. The van der Waals surface area contributed by atoms with Gasteiger partial charge in [0.1, 0.15) is 0 Å². The molecule has 186 valence electrons. The Hall–Kier alpha value is -2.00. The number of hydrogen-bond acceptors (Lipinski definition) is 6. The smallest absolute Gasteiger partial charge is 0.0962 e. The first-order valence-electron chi connectivity index (χ1n) is 12.1. The molecule has 4 nitrogen and oxygen atoms in total. The molecule has 0 bridgehead atoms. The van der Waals surface area contributed by atoms with Crippen LogP contribution in [0, 0.1) is 5.92 Å². The van der Waals surface area contributed by atoms with E-state index in [0.717, 1.165) is 39.0 Å². The zero-order valence-corrected chi connectivity index (χ0v) is 23.5. The van der Waals surface area contributed by atoms with Crippen molar-refractivity contribution in [1.29, 1.82) is 0 Å². The van der Waals surface area contributed by atoms with Crippen LogP contribution in [0.1, 0.15) is 25.7 Å². The van der Waals surface area contributed by atoms with Crippen molar-refractivity contribution >= 4 is 56.5 Å². The Balaban J connectivity index is 1.18. The van der Waals surface area contributed by atoms with Crippen molar-refractivity contribution in [3.63, 3.8) is 0 Å². The number of anilines is 2. The zero-order chi connectivity index (χ0) is 24.8. The highest BCUT2D eigenvalue weighted by Crippen LogP contribution is 2.45. The Morgan fingerprint density at radius 1 is 0.917 bits per heavy atom. The normalized spacial score (nSPS) is 26.3. The number of benzene rings is 2. The van der Waals surface area contributed by atoms with Crippen LogP contribution in [-0.4, -0.2) is 26.3 Å². The van der Waals surface area contributed by atoms with Crippen LogP contribution in [0.5, 0.6) is 0 Å². The molecule has 2 aliphatic carbocycles. The standard InChI is InChI=1S/C28H28N2O2S4/c1-35(31)21-7-9-25-23(15-21)29-27(33-25)13-17-3-5-19-6-4-18(12-20(19)11-17)14-28-30-24-16-22(36(2)32)8-10-26(24)34-28/h7-16,19,27,29-30H,3-6H2,1-2H3/b17-13+,28-14-. The molecule has 36 heavy (non-hydrogen) atoms. The van der Waals surface area contributed by atoms with Gasteiger partial charge in [0.25, 0.3) is 0 Å². The fourth-order valence-corrected chi connectivity index (χ4v) is 8.28. The monoisotopic (exact) mass is 552 g/mol. The van der Waals surface area contributed by atoms with Crippen LogP contribution in [0.15, 0.2) is 102 Å². The van der Waals surface area contributed by atoms with E-state index >= 15 is 0 Å². The maximum atomic E-state index is 11.8. The van der Waals surface area contributed by atoms with Crippen molar-refractivity contribution in [2.24, 2.45) is 5.92 Å². The molecule has 2 aromatic rings. The van der Waals surface area contributed by atoms with E-state index in [9.17, 15) is 8.42 Å². The number of fused-ring (bicyclic) bond motifs is 3. The molecule has 0 spiro atoms. The lowest BCUT2D eigenvalue weighted by Gasteiger charge is -2.28. The number of allylic oxidation sites excluding steroid dienone is 6. The topological polar surface area (TPSA) is 58.2 Å². The molecule has 4 atom stereocenters. The lowest BCUT2D eigenvalue weighted by Crippen LogP contribution is -2.14. The Labute approximate surface area is 226 Å². The largest absolute Gasteiger partial charge is 0.369 e. The molecule has 2 N–H and O–H groups in total. The molecule has 2 aliphatic heterocycles. The molecule has 2 heterocycles. The van der Waals surface area contributed by atoms with Gasteiger partial charge in [-0.2, -0.15) is 0 Å². The van der Waals surface area contributed by atoms with Crippen molar-refractivity contribution in [3.8, 4) is 0 Å². The molecule has 6 rings (SSSR count). The summed E-state index contributed by atoms with van der Waals surface area (Å²) in [6.45, 7) is 0. The zero-order valence-electron chi connectivity index (χ0n) is 20.2. The van der Waals surface area contributed by atoms with Gasteiger partial charge >= 0.3 is 0 Å². The van der Waals surface area contributed by atoms with E-state index in [0.29, 0.717) is 5.92 Å². The molecule has 4 unspecified atom stereocenters. The second-order valence-corrected chi connectivity index (χ2v) is 14.5. The number of hydrogen-bond donors (Lipinski definition) is 2. The predicted octanol–water partition coefficient (Wildman–Crippen LogP) is 7.05. The number of nitrogens with one attached hydrogen (secondary N) is 2. The Morgan fingerprint density at radius 2 is 1.64 bits per heavy atom. The molecule has 0 saturated carbocycles. The van der Waals surface area contributed by atoms with Gasteiger partial charge in [0.05, 0.1) is 21.8 Å². The van der Waals surface area contributed by atoms with Crippen LogP contribution in [-0.2, 0) is 21.6 Å². The maximum absolute atomic E-state index is 11.8. The van der Waals surface area contributed by atoms with Crippen LogP contribution < -0.4 is 10.6 Å². The van der Waals surface area contributed by atoms with Crippen molar-refractivity contribution in [3.05, 3.63) is 82.5 Å². The highest BCUT2D eigenvalue weighted by atomic mass is 32.2. The van der Waals surface area contributed by atoms with Crippen LogP contribution in [0.2, 0.25) is 0 Å². The first-order valence-corrected chi connectivity index (χ1v) is 16.9. The maximum Gasteiger partial charge on any atom is 0.0962 e. The van der Waals surface area contributed by atoms with Crippen molar-refractivity contribution in [2.45, 2.75) is 50.6 Å². The second-order valence-electron chi connectivity index (χ2n) is 9.52. The number of thioether (sulfide) groups is 2. The van der Waals surface area contributed by atoms with Gasteiger partial charge in [-0.05, 0) is 96.9 Å². The van der Waals surface area contributed by atoms with E-state index in [1.807, 2.05) is 36.0 Å². The lowest BCUT2D eigenvalue weighted by atomic mass is 9.77. The molecule has 4 aliphatic rings. The van der Waals surface area contributed by atoms with Crippen molar-refractivity contribution in [2.75, 3.05) is 23.1 Å². The highest BCUT2D eigenvalue weighted by Gasteiger charge is 2.26. The fraction of sp³-hybridized carbons (Fsp3) is 0.286. The summed E-state index contributed by atoms with van der Waals surface area (Å²) in [5.41, 5.74) is 6.34. The summed E-state index contributed by atoms with van der Waals surface area (Å²) < 4.78 is 23.7. The summed E-state index contributed by atoms with van der Waals surface area (Å²) in [6, 6.07) is 12.1. The fourth-order valence-electron chi connectivity index (χ4n) is 5.13. The quantitative estimate of drug-likeness (QED) is 0.424. The minimum absolute atomic E-state index is 0.207. The molecule has 0 radical (unpaired) electrons. The van der Waals surface area contributed by atoms with Crippen LogP contribution >= 0.6 is 23.5 Å². The van der Waals surface area contributed by atoms with Crippen LogP contribution in [0.25, 0.3) is 0 Å². The molecule has 2 aromatic carbocycles. The third-order valence-electron chi connectivity index (χ3n) is 7.02. The van der Waals surface area contributed by atoms with E-state index in [2.05, 4.69) is 47.1 Å². The van der Waals surface area contributed by atoms with Crippen LogP contribution in [0.4, 0.5) is 11.4 Å². The van der Waals surface area contributed by atoms with E-state index in [1.165, 1.54) is 39.4 Å². The Bertz CT molecular complexity index is 1420. The summed E-state index contributed by atoms with van der Waals surface area (Å²) in [5, 5.41) is 8.45. The van der Waals surface area contributed by atoms with E-state index in [-0.39, 0.29) is 5.37 Å². The molecular formula is C28H28N2O2S4. The minimum Gasteiger partial charge on any atom is -0.369 e. The van der Waals surface area contributed by atoms with E-state index < -0.39 is 21.6 Å². The number of rotatable bonds is 4. The Kier molecular flexibility index (Phi) is 6.79.